The molecule has 2 heterocycles. The number of nitrogens with one attached hydrogen (secondary N) is 2. The number of nitrogens with zero attached hydrogens (tertiary/aromatic N) is 2. The molecule has 2 N–H and O–H groups in total. The van der Waals surface area contributed by atoms with Crippen molar-refractivity contribution in [2.45, 2.75) is 38.4 Å². The second-order valence-corrected chi connectivity index (χ2v) is 7.49. The number of halogens is 1. The lowest BCUT2D eigenvalue weighted by Gasteiger charge is -2.29. The fourth-order valence-corrected chi connectivity index (χ4v) is 4.09. The number of fused-ring (bicyclic) bond motifs is 1. The summed E-state index contributed by atoms with van der Waals surface area (Å²) < 4.78 is 12.8. The smallest absolute Gasteiger partial charge is 0.272 e. The lowest BCUT2D eigenvalue weighted by atomic mass is 9.81. The van der Waals surface area contributed by atoms with Gasteiger partial charge in [-0.2, -0.15) is 0 Å². The van der Waals surface area contributed by atoms with Gasteiger partial charge in [-0.1, -0.05) is 0 Å². The van der Waals surface area contributed by atoms with Crippen molar-refractivity contribution in [1.82, 2.24) is 20.2 Å². The zero-order valence-electron chi connectivity index (χ0n) is 14.0. The maximum absolute atomic E-state index is 12.8. The Kier molecular flexibility index (Phi) is 3.85. The maximum atomic E-state index is 12.8. The molecular weight excluding hydrogens is 327 g/mol. The molecule has 2 aliphatic carbocycles. The van der Waals surface area contributed by atoms with Gasteiger partial charge in [0.25, 0.3) is 11.5 Å². The van der Waals surface area contributed by atoms with Gasteiger partial charge in [0.05, 0.1) is 0 Å². The minimum absolute atomic E-state index is 0.0129. The molecule has 7 nitrogen and oxygen atoms in total. The van der Waals surface area contributed by atoms with Gasteiger partial charge in [0, 0.05) is 43.5 Å². The lowest BCUT2D eigenvalue weighted by molar-refractivity contribution is -0.123. The van der Waals surface area contributed by atoms with Crippen molar-refractivity contribution in [3.05, 3.63) is 27.9 Å². The highest BCUT2D eigenvalue weighted by atomic mass is 19.1. The minimum Gasteiger partial charge on any atom is -0.353 e. The van der Waals surface area contributed by atoms with E-state index in [1.165, 1.54) is 6.07 Å². The van der Waals surface area contributed by atoms with Gasteiger partial charge in [0.2, 0.25) is 5.91 Å². The van der Waals surface area contributed by atoms with Crippen molar-refractivity contribution in [3.8, 4) is 0 Å². The highest BCUT2D eigenvalue weighted by Crippen LogP contribution is 2.46. The number of aryl methyl sites for hydroxylation is 1. The fourth-order valence-electron chi connectivity index (χ4n) is 4.09. The number of likely N-dealkylation sites (tertiary alicyclic amines) is 1. The van der Waals surface area contributed by atoms with Crippen LogP contribution in [0.25, 0.3) is 0 Å². The first-order valence-corrected chi connectivity index (χ1v) is 8.71. The second kappa shape index (κ2) is 5.93. The molecule has 1 saturated heterocycles. The van der Waals surface area contributed by atoms with E-state index in [1.54, 1.807) is 11.8 Å². The van der Waals surface area contributed by atoms with Crippen LogP contribution < -0.4 is 10.9 Å². The van der Waals surface area contributed by atoms with Crippen LogP contribution in [0, 0.1) is 24.7 Å². The summed E-state index contributed by atoms with van der Waals surface area (Å²) >= 11 is 0. The number of rotatable bonds is 4. The second-order valence-electron chi connectivity index (χ2n) is 7.49. The Morgan fingerprint density at radius 2 is 2.04 bits per heavy atom. The molecule has 3 fully saturated rings. The van der Waals surface area contributed by atoms with Gasteiger partial charge in [-0.15, -0.1) is 0 Å². The fraction of sp³-hybridized carbons (Fsp3) is 0.647. The number of aromatic nitrogens is 2. The zero-order chi connectivity index (χ0) is 17.7. The predicted molar refractivity (Wildman–Crippen MR) is 86.6 cm³/mol. The first-order valence-electron chi connectivity index (χ1n) is 8.71. The van der Waals surface area contributed by atoms with Crippen molar-refractivity contribution < 1.29 is 14.0 Å². The van der Waals surface area contributed by atoms with E-state index in [9.17, 15) is 18.8 Å². The molecule has 1 aliphatic heterocycles. The van der Waals surface area contributed by atoms with E-state index in [2.05, 4.69) is 15.3 Å². The quantitative estimate of drug-likeness (QED) is 0.824. The Morgan fingerprint density at radius 1 is 1.36 bits per heavy atom. The van der Waals surface area contributed by atoms with E-state index >= 15 is 0 Å². The van der Waals surface area contributed by atoms with Crippen molar-refractivity contribution in [2.24, 2.45) is 17.8 Å². The first kappa shape index (κ1) is 16.2. The van der Waals surface area contributed by atoms with Gasteiger partial charge in [0.1, 0.15) is 17.7 Å². The molecular formula is C17H21FN4O3. The summed E-state index contributed by atoms with van der Waals surface area (Å²) in [4.78, 5) is 44.2. The Balaban J connectivity index is 1.28. The van der Waals surface area contributed by atoms with Crippen LogP contribution in [0.5, 0.6) is 0 Å². The number of aromatic amines is 1. The zero-order valence-corrected chi connectivity index (χ0v) is 14.0. The lowest BCUT2D eigenvalue weighted by Crippen LogP contribution is -2.39. The monoisotopic (exact) mass is 348 g/mol. The first-order chi connectivity index (χ1) is 11.9. The number of H-pyrrole nitrogens is 1. The SMILES string of the molecule is Cc1nc(C(=O)N2C[C@@H]3C(NC(=O)CC4CC(F)C4)[C@@H]3C2)cc(=O)[nH]1. The highest BCUT2D eigenvalue weighted by molar-refractivity contribution is 5.92. The van der Waals surface area contributed by atoms with Crippen LogP contribution in [0.15, 0.2) is 10.9 Å². The standard InChI is InChI=1S/C17H21FN4O3/c1-8-19-13(5-15(24)20-8)17(25)22-6-11-12(7-22)16(11)21-14(23)4-9-2-10(18)3-9/h5,9-12,16H,2-4,6-7H2,1H3,(H,21,23)(H,19,20,24)/t9?,10?,11-,12+,16?. The van der Waals surface area contributed by atoms with E-state index in [1.807, 2.05) is 0 Å². The number of alkyl halides is 1. The summed E-state index contributed by atoms with van der Waals surface area (Å²) in [7, 11) is 0. The molecule has 8 heteroatoms. The van der Waals surface area contributed by atoms with Crippen LogP contribution in [0.3, 0.4) is 0 Å². The largest absolute Gasteiger partial charge is 0.353 e. The van der Waals surface area contributed by atoms with E-state index in [4.69, 9.17) is 0 Å². The van der Waals surface area contributed by atoms with Gasteiger partial charge in [-0.05, 0) is 25.7 Å². The Hall–Kier alpha value is -2.25. The minimum atomic E-state index is -0.736. The molecule has 1 aromatic rings. The number of amides is 2. The molecule has 0 aromatic carbocycles. The summed E-state index contributed by atoms with van der Waals surface area (Å²) in [5, 5.41) is 3.02. The summed E-state index contributed by atoms with van der Waals surface area (Å²) in [5.74, 6) is 0.877. The van der Waals surface area contributed by atoms with Crippen LogP contribution in [0.4, 0.5) is 4.39 Å². The molecule has 25 heavy (non-hydrogen) atoms. The Labute approximate surface area is 144 Å². The number of hydrogen-bond donors (Lipinski definition) is 2. The normalized spacial score (nSPS) is 32.7. The molecule has 0 spiro atoms. The van der Waals surface area contributed by atoms with Crippen LogP contribution in [0.1, 0.15) is 35.6 Å². The number of carbonyl (C=O) groups excluding carboxylic acids is 2. The van der Waals surface area contributed by atoms with Crippen molar-refractivity contribution >= 4 is 11.8 Å². The molecule has 1 aromatic heterocycles. The third kappa shape index (κ3) is 3.17. The third-order valence-corrected chi connectivity index (χ3v) is 5.54. The topological polar surface area (TPSA) is 95.2 Å². The van der Waals surface area contributed by atoms with E-state index < -0.39 is 6.17 Å². The highest BCUT2D eigenvalue weighted by Gasteiger charge is 2.57. The maximum Gasteiger partial charge on any atom is 0.272 e. The van der Waals surface area contributed by atoms with E-state index in [0.717, 1.165) is 0 Å². The average Bonchev–Trinajstić information content (AvgIpc) is 2.94. The Morgan fingerprint density at radius 3 is 2.64 bits per heavy atom. The summed E-state index contributed by atoms with van der Waals surface area (Å²) in [5.41, 5.74) is -0.175. The average molecular weight is 348 g/mol. The Bertz CT molecular complexity index is 761. The molecule has 4 rings (SSSR count). The van der Waals surface area contributed by atoms with Crippen LogP contribution >= 0.6 is 0 Å². The van der Waals surface area contributed by atoms with Gasteiger partial charge >= 0.3 is 0 Å². The molecule has 2 amide bonds. The van der Waals surface area contributed by atoms with E-state index in [-0.39, 0.29) is 46.9 Å². The van der Waals surface area contributed by atoms with Crippen molar-refractivity contribution in [3.63, 3.8) is 0 Å². The van der Waals surface area contributed by atoms with Crippen molar-refractivity contribution in [1.29, 1.82) is 0 Å². The third-order valence-electron chi connectivity index (χ3n) is 5.54. The molecule has 2 saturated carbocycles. The summed E-state index contributed by atoms with van der Waals surface area (Å²) in [6.07, 6.45) is 0.654. The summed E-state index contributed by atoms with van der Waals surface area (Å²) in [6, 6.07) is 1.33. The van der Waals surface area contributed by atoms with E-state index in [0.29, 0.717) is 38.2 Å². The molecule has 3 aliphatic rings. The predicted octanol–water partition coefficient (Wildman–Crippen LogP) is 0.403. The molecule has 134 valence electrons. The molecule has 0 radical (unpaired) electrons. The number of carbonyl (C=O) groups is 2. The van der Waals surface area contributed by atoms with Gasteiger partial charge < -0.3 is 15.2 Å². The molecule has 3 atom stereocenters. The van der Waals surface area contributed by atoms with Crippen LogP contribution in [-0.2, 0) is 4.79 Å². The number of piperidine rings is 1. The van der Waals surface area contributed by atoms with Crippen molar-refractivity contribution in [2.75, 3.05) is 13.1 Å². The van der Waals surface area contributed by atoms with Crippen LogP contribution in [-0.4, -0.2) is 52.0 Å². The summed E-state index contributed by atoms with van der Waals surface area (Å²) in [6.45, 7) is 2.77. The van der Waals surface area contributed by atoms with Gasteiger partial charge in [-0.3, -0.25) is 14.4 Å². The van der Waals surface area contributed by atoms with Gasteiger partial charge in [0.15, 0.2) is 0 Å². The molecule has 1 unspecified atom stereocenters. The molecule has 0 bridgehead atoms. The van der Waals surface area contributed by atoms with Crippen LogP contribution in [0.2, 0.25) is 0 Å². The van der Waals surface area contributed by atoms with Gasteiger partial charge in [-0.25, -0.2) is 9.37 Å². The number of hydrogen-bond acceptors (Lipinski definition) is 4.